The summed E-state index contributed by atoms with van der Waals surface area (Å²) >= 11 is 0. The lowest BCUT2D eigenvalue weighted by Crippen LogP contribution is -2.21. The van der Waals surface area contributed by atoms with Crippen LogP contribution in [-0.2, 0) is 4.74 Å². The van der Waals surface area contributed by atoms with Crippen LogP contribution < -0.4 is 5.73 Å². The van der Waals surface area contributed by atoms with Crippen LogP contribution in [0.25, 0.3) is 0 Å². The fourth-order valence-corrected chi connectivity index (χ4v) is 0.849. The summed E-state index contributed by atoms with van der Waals surface area (Å²) in [6.45, 7) is 6.76. The van der Waals surface area contributed by atoms with Crippen molar-refractivity contribution in [3.63, 3.8) is 0 Å². The molecule has 0 aliphatic carbocycles. The van der Waals surface area contributed by atoms with E-state index in [0.29, 0.717) is 6.61 Å². The summed E-state index contributed by atoms with van der Waals surface area (Å²) in [7, 11) is 3.60. The van der Waals surface area contributed by atoms with E-state index in [1.807, 2.05) is 24.9 Å². The molecular formula is C10H19N3O. The zero-order chi connectivity index (χ0) is 11.0. The van der Waals surface area contributed by atoms with E-state index in [0.717, 1.165) is 18.1 Å². The molecule has 0 bridgehead atoms. The van der Waals surface area contributed by atoms with Crippen LogP contribution in [0.5, 0.6) is 0 Å². The standard InChI is InChI=1S/C10H19N3O/c1-9(11)5-6-10(12-2)13(3)7-8-14-4/h5-6H,2,7-8,11H2,1,3-4H3/b9-5+,10-6+. The number of allylic oxidation sites excluding steroid dienone is 3. The Morgan fingerprint density at radius 3 is 2.64 bits per heavy atom. The number of nitrogens with two attached hydrogens (primary N) is 1. The van der Waals surface area contributed by atoms with Crippen LogP contribution in [0.4, 0.5) is 0 Å². The van der Waals surface area contributed by atoms with E-state index in [4.69, 9.17) is 10.5 Å². The van der Waals surface area contributed by atoms with Gasteiger partial charge in [-0.25, -0.2) is 4.99 Å². The molecule has 4 heteroatoms. The number of rotatable bonds is 6. The third kappa shape index (κ3) is 5.37. The van der Waals surface area contributed by atoms with Gasteiger partial charge < -0.3 is 15.4 Å². The molecule has 0 aromatic heterocycles. The van der Waals surface area contributed by atoms with Crippen LogP contribution in [0.15, 0.2) is 28.7 Å². The van der Waals surface area contributed by atoms with Crippen molar-refractivity contribution >= 4 is 6.72 Å². The predicted octanol–water partition coefficient (Wildman–Crippen LogP) is 0.969. The molecule has 0 fully saturated rings. The SMILES string of the molecule is C=N/C(=C\C=C(/C)N)N(C)CCOC. The third-order valence-electron chi connectivity index (χ3n) is 1.68. The smallest absolute Gasteiger partial charge is 0.127 e. The Bertz CT molecular complexity index is 230. The van der Waals surface area contributed by atoms with E-state index in [2.05, 4.69) is 11.7 Å². The molecule has 0 saturated heterocycles. The molecule has 0 aliphatic heterocycles. The fraction of sp³-hybridized carbons (Fsp3) is 0.500. The highest BCUT2D eigenvalue weighted by Gasteiger charge is 1.99. The highest BCUT2D eigenvalue weighted by molar-refractivity contribution is 5.30. The normalized spacial score (nSPS) is 12.8. The zero-order valence-corrected chi connectivity index (χ0v) is 9.16. The summed E-state index contributed by atoms with van der Waals surface area (Å²) in [5, 5.41) is 0. The van der Waals surface area contributed by atoms with Crippen molar-refractivity contribution in [1.82, 2.24) is 4.90 Å². The van der Waals surface area contributed by atoms with E-state index in [1.54, 1.807) is 13.2 Å². The second-order valence-corrected chi connectivity index (χ2v) is 3.01. The van der Waals surface area contributed by atoms with Gasteiger partial charge in [0.25, 0.3) is 0 Å². The lowest BCUT2D eigenvalue weighted by Gasteiger charge is -2.18. The number of aliphatic imine (C=N–C) groups is 1. The fourth-order valence-electron chi connectivity index (χ4n) is 0.849. The molecule has 2 N–H and O–H groups in total. The summed E-state index contributed by atoms with van der Waals surface area (Å²) in [5.41, 5.74) is 6.25. The molecule has 0 saturated carbocycles. The molecule has 14 heavy (non-hydrogen) atoms. The molecule has 0 aromatic carbocycles. The van der Waals surface area contributed by atoms with Crippen molar-refractivity contribution in [1.29, 1.82) is 0 Å². The van der Waals surface area contributed by atoms with Crippen molar-refractivity contribution in [2.45, 2.75) is 6.92 Å². The van der Waals surface area contributed by atoms with E-state index in [9.17, 15) is 0 Å². The number of ether oxygens (including phenoxy) is 1. The van der Waals surface area contributed by atoms with Crippen LogP contribution in [-0.4, -0.2) is 38.9 Å². The molecule has 0 rings (SSSR count). The van der Waals surface area contributed by atoms with Gasteiger partial charge in [-0.1, -0.05) is 0 Å². The molecule has 0 aliphatic rings. The Labute approximate surface area is 85.8 Å². The Hall–Kier alpha value is -1.29. The molecule has 0 atom stereocenters. The van der Waals surface area contributed by atoms with Crippen molar-refractivity contribution in [3.8, 4) is 0 Å². The maximum atomic E-state index is 5.51. The molecule has 0 radical (unpaired) electrons. The molecule has 80 valence electrons. The number of hydrogen-bond acceptors (Lipinski definition) is 4. The maximum Gasteiger partial charge on any atom is 0.127 e. The molecule has 0 unspecified atom stereocenters. The minimum Gasteiger partial charge on any atom is -0.402 e. The molecule has 0 amide bonds. The second kappa shape index (κ2) is 7.15. The van der Waals surface area contributed by atoms with Crippen LogP contribution in [0.1, 0.15) is 6.92 Å². The van der Waals surface area contributed by atoms with E-state index in [-0.39, 0.29) is 0 Å². The largest absolute Gasteiger partial charge is 0.402 e. The Kier molecular flexibility index (Phi) is 6.49. The summed E-state index contributed by atoms with van der Waals surface area (Å²) in [6, 6.07) is 0. The predicted molar refractivity (Wildman–Crippen MR) is 60.1 cm³/mol. The van der Waals surface area contributed by atoms with E-state index >= 15 is 0 Å². The van der Waals surface area contributed by atoms with E-state index in [1.165, 1.54) is 0 Å². The van der Waals surface area contributed by atoms with Gasteiger partial charge in [0.15, 0.2) is 0 Å². The Balaban J connectivity index is 4.32. The van der Waals surface area contributed by atoms with Crippen molar-refractivity contribution in [3.05, 3.63) is 23.7 Å². The quantitative estimate of drug-likeness (QED) is 0.510. The van der Waals surface area contributed by atoms with Crippen LogP contribution >= 0.6 is 0 Å². The van der Waals surface area contributed by atoms with Gasteiger partial charge in [0, 0.05) is 26.4 Å². The first-order valence-corrected chi connectivity index (χ1v) is 4.42. The number of hydrogen-bond donors (Lipinski definition) is 1. The Morgan fingerprint density at radius 1 is 1.57 bits per heavy atom. The Morgan fingerprint density at radius 2 is 2.21 bits per heavy atom. The first-order valence-electron chi connectivity index (χ1n) is 4.42. The summed E-state index contributed by atoms with van der Waals surface area (Å²) in [4.78, 5) is 5.85. The van der Waals surface area contributed by atoms with Gasteiger partial charge in [0.05, 0.1) is 6.61 Å². The molecule has 0 spiro atoms. The average Bonchev–Trinajstić information content (AvgIpc) is 2.15. The molecular weight excluding hydrogens is 178 g/mol. The van der Waals surface area contributed by atoms with Crippen molar-refractivity contribution in [2.24, 2.45) is 10.7 Å². The van der Waals surface area contributed by atoms with Gasteiger partial charge in [0.2, 0.25) is 0 Å². The van der Waals surface area contributed by atoms with Gasteiger partial charge in [-0.05, 0) is 25.8 Å². The van der Waals surface area contributed by atoms with Gasteiger partial charge in [0.1, 0.15) is 5.82 Å². The monoisotopic (exact) mass is 197 g/mol. The van der Waals surface area contributed by atoms with Crippen LogP contribution in [0.2, 0.25) is 0 Å². The highest BCUT2D eigenvalue weighted by atomic mass is 16.5. The molecule has 0 aromatic rings. The first kappa shape index (κ1) is 12.7. The number of nitrogens with zero attached hydrogens (tertiary/aromatic N) is 2. The first-order chi connectivity index (χ1) is 6.61. The maximum absolute atomic E-state index is 5.51. The van der Waals surface area contributed by atoms with E-state index < -0.39 is 0 Å². The lowest BCUT2D eigenvalue weighted by atomic mass is 10.4. The van der Waals surface area contributed by atoms with Gasteiger partial charge in [-0.3, -0.25) is 0 Å². The van der Waals surface area contributed by atoms with Crippen molar-refractivity contribution < 1.29 is 4.74 Å². The minimum atomic E-state index is 0.661. The highest BCUT2D eigenvalue weighted by Crippen LogP contribution is 2.02. The number of likely N-dealkylation sites (N-methyl/N-ethyl adjacent to an activating group) is 1. The average molecular weight is 197 g/mol. The summed E-state index contributed by atoms with van der Waals surface area (Å²) in [5.74, 6) is 0.784. The number of methoxy groups -OCH3 is 1. The van der Waals surface area contributed by atoms with Gasteiger partial charge >= 0.3 is 0 Å². The summed E-state index contributed by atoms with van der Waals surface area (Å²) in [6.07, 6.45) is 3.63. The topological polar surface area (TPSA) is 50.8 Å². The van der Waals surface area contributed by atoms with Gasteiger partial charge in [-0.15, -0.1) is 0 Å². The zero-order valence-electron chi connectivity index (χ0n) is 9.16. The molecule has 4 nitrogen and oxygen atoms in total. The molecule has 0 heterocycles. The second-order valence-electron chi connectivity index (χ2n) is 3.01. The van der Waals surface area contributed by atoms with Crippen LogP contribution in [0, 0.1) is 0 Å². The lowest BCUT2D eigenvalue weighted by molar-refractivity contribution is 0.173. The van der Waals surface area contributed by atoms with Crippen LogP contribution in [0.3, 0.4) is 0 Å². The minimum absolute atomic E-state index is 0.661. The third-order valence-corrected chi connectivity index (χ3v) is 1.68. The van der Waals surface area contributed by atoms with Crippen molar-refractivity contribution in [2.75, 3.05) is 27.3 Å². The summed E-state index contributed by atoms with van der Waals surface area (Å²) < 4.78 is 4.96. The van der Waals surface area contributed by atoms with Gasteiger partial charge in [-0.2, -0.15) is 0 Å².